The van der Waals surface area contributed by atoms with Crippen molar-refractivity contribution in [1.29, 1.82) is 0 Å². The van der Waals surface area contributed by atoms with Crippen LogP contribution in [-0.2, 0) is 4.74 Å². The van der Waals surface area contributed by atoms with E-state index < -0.39 is 18.7 Å². The maximum atomic E-state index is 11.7. The summed E-state index contributed by atoms with van der Waals surface area (Å²) in [5, 5.41) is 12.1. The van der Waals surface area contributed by atoms with Crippen molar-refractivity contribution in [3.63, 3.8) is 0 Å². The third-order valence-electron chi connectivity index (χ3n) is 2.09. The number of ether oxygens (including phenoxy) is 1. The van der Waals surface area contributed by atoms with Crippen LogP contribution in [0.3, 0.4) is 0 Å². The van der Waals surface area contributed by atoms with E-state index >= 15 is 0 Å². The number of hydrogen-bond donors (Lipinski definition) is 2. The summed E-state index contributed by atoms with van der Waals surface area (Å²) in [5.41, 5.74) is 0. The standard InChI is InChI=1S/C8H14F3NO2/c9-8(10,11)2-1-3-12-6-4-14-5-7(6)13/h6-7,12-13H,1-5H2. The van der Waals surface area contributed by atoms with E-state index in [1.165, 1.54) is 0 Å². The Hall–Kier alpha value is -0.330. The van der Waals surface area contributed by atoms with E-state index in [1.807, 2.05) is 0 Å². The normalized spacial score (nSPS) is 28.3. The van der Waals surface area contributed by atoms with Gasteiger partial charge in [-0.2, -0.15) is 13.2 Å². The lowest BCUT2D eigenvalue weighted by Gasteiger charge is -2.14. The van der Waals surface area contributed by atoms with Crippen molar-refractivity contribution in [3.05, 3.63) is 0 Å². The summed E-state index contributed by atoms with van der Waals surface area (Å²) in [7, 11) is 0. The second-order valence-corrected chi connectivity index (χ2v) is 3.38. The Morgan fingerprint density at radius 2 is 2.07 bits per heavy atom. The first-order valence-corrected chi connectivity index (χ1v) is 4.55. The number of rotatable bonds is 4. The maximum absolute atomic E-state index is 11.7. The van der Waals surface area contributed by atoms with Gasteiger partial charge in [0.2, 0.25) is 0 Å². The summed E-state index contributed by atoms with van der Waals surface area (Å²) in [6.07, 6.45) is -5.44. The molecule has 0 aromatic carbocycles. The molecule has 0 amide bonds. The van der Waals surface area contributed by atoms with Crippen molar-refractivity contribution in [2.45, 2.75) is 31.2 Å². The number of aliphatic hydroxyl groups excluding tert-OH is 1. The van der Waals surface area contributed by atoms with Crippen LogP contribution in [0.15, 0.2) is 0 Å². The van der Waals surface area contributed by atoms with Crippen molar-refractivity contribution < 1.29 is 23.0 Å². The SMILES string of the molecule is OC1COCC1NCCCC(F)(F)F. The molecule has 2 unspecified atom stereocenters. The topological polar surface area (TPSA) is 41.5 Å². The van der Waals surface area contributed by atoms with Gasteiger partial charge in [0.05, 0.1) is 25.4 Å². The van der Waals surface area contributed by atoms with Gasteiger partial charge in [-0.3, -0.25) is 0 Å². The number of nitrogens with one attached hydrogen (secondary N) is 1. The van der Waals surface area contributed by atoms with Crippen LogP contribution in [0.1, 0.15) is 12.8 Å². The minimum absolute atomic E-state index is 0.0344. The number of alkyl halides is 3. The molecule has 0 aliphatic carbocycles. The van der Waals surface area contributed by atoms with Crippen molar-refractivity contribution >= 4 is 0 Å². The lowest BCUT2D eigenvalue weighted by atomic mass is 10.2. The van der Waals surface area contributed by atoms with Crippen LogP contribution in [-0.4, -0.2) is 43.2 Å². The van der Waals surface area contributed by atoms with E-state index in [-0.39, 0.29) is 25.6 Å². The quantitative estimate of drug-likeness (QED) is 0.675. The van der Waals surface area contributed by atoms with Crippen LogP contribution in [0.2, 0.25) is 0 Å². The van der Waals surface area contributed by atoms with Gasteiger partial charge in [0.1, 0.15) is 0 Å². The minimum atomic E-state index is -4.09. The van der Waals surface area contributed by atoms with Crippen LogP contribution in [0.25, 0.3) is 0 Å². The predicted molar refractivity (Wildman–Crippen MR) is 43.9 cm³/mol. The molecule has 84 valence electrons. The Morgan fingerprint density at radius 1 is 1.36 bits per heavy atom. The van der Waals surface area contributed by atoms with Crippen LogP contribution in [0.5, 0.6) is 0 Å². The van der Waals surface area contributed by atoms with E-state index in [2.05, 4.69) is 5.32 Å². The highest BCUT2D eigenvalue weighted by molar-refractivity contribution is 4.80. The van der Waals surface area contributed by atoms with Crippen LogP contribution < -0.4 is 5.32 Å². The molecule has 0 aromatic heterocycles. The average Bonchev–Trinajstić information content (AvgIpc) is 2.44. The average molecular weight is 213 g/mol. The summed E-state index contributed by atoms with van der Waals surface area (Å²) < 4.78 is 40.1. The third-order valence-corrected chi connectivity index (χ3v) is 2.09. The van der Waals surface area contributed by atoms with Gasteiger partial charge in [0, 0.05) is 6.42 Å². The first kappa shape index (κ1) is 11.7. The molecule has 14 heavy (non-hydrogen) atoms. The molecule has 0 radical (unpaired) electrons. The predicted octanol–water partition coefficient (Wildman–Crippen LogP) is 0.678. The fourth-order valence-corrected chi connectivity index (χ4v) is 1.31. The Bertz CT molecular complexity index is 174. The smallest absolute Gasteiger partial charge is 0.389 e. The second kappa shape index (κ2) is 4.95. The molecule has 1 heterocycles. The molecule has 1 aliphatic rings. The van der Waals surface area contributed by atoms with E-state index in [0.29, 0.717) is 6.61 Å². The lowest BCUT2D eigenvalue weighted by molar-refractivity contribution is -0.135. The van der Waals surface area contributed by atoms with Crippen molar-refractivity contribution in [1.82, 2.24) is 5.32 Å². The number of halogens is 3. The lowest BCUT2D eigenvalue weighted by Crippen LogP contribution is -2.39. The van der Waals surface area contributed by atoms with Crippen LogP contribution in [0, 0.1) is 0 Å². The van der Waals surface area contributed by atoms with Crippen LogP contribution in [0.4, 0.5) is 13.2 Å². The molecule has 2 N–H and O–H groups in total. The molecule has 1 saturated heterocycles. The highest BCUT2D eigenvalue weighted by Gasteiger charge is 2.28. The Balaban J connectivity index is 2.04. The summed E-state index contributed by atoms with van der Waals surface area (Å²) in [5.74, 6) is 0. The van der Waals surface area contributed by atoms with E-state index in [1.54, 1.807) is 0 Å². The molecular weight excluding hydrogens is 199 g/mol. The fraction of sp³-hybridized carbons (Fsp3) is 1.00. The maximum Gasteiger partial charge on any atom is 0.389 e. The van der Waals surface area contributed by atoms with Gasteiger partial charge >= 0.3 is 6.18 Å². The molecule has 1 rings (SSSR count). The highest BCUT2D eigenvalue weighted by atomic mass is 19.4. The van der Waals surface area contributed by atoms with Crippen molar-refractivity contribution in [2.75, 3.05) is 19.8 Å². The molecule has 1 aliphatic heterocycles. The molecule has 3 nitrogen and oxygen atoms in total. The van der Waals surface area contributed by atoms with Gasteiger partial charge < -0.3 is 15.2 Å². The zero-order valence-electron chi connectivity index (χ0n) is 7.68. The van der Waals surface area contributed by atoms with Gasteiger partial charge in [-0.15, -0.1) is 0 Å². The fourth-order valence-electron chi connectivity index (χ4n) is 1.31. The number of hydrogen-bond acceptors (Lipinski definition) is 3. The van der Waals surface area contributed by atoms with Gasteiger partial charge in [-0.25, -0.2) is 0 Å². The molecule has 0 spiro atoms. The summed E-state index contributed by atoms with van der Waals surface area (Å²) in [6.45, 7) is 0.884. The van der Waals surface area contributed by atoms with Gasteiger partial charge in [-0.05, 0) is 13.0 Å². The summed E-state index contributed by atoms with van der Waals surface area (Å²) >= 11 is 0. The highest BCUT2D eigenvalue weighted by Crippen LogP contribution is 2.20. The van der Waals surface area contributed by atoms with E-state index in [0.717, 1.165) is 0 Å². The molecule has 0 bridgehead atoms. The Kier molecular flexibility index (Phi) is 4.15. The van der Waals surface area contributed by atoms with Crippen molar-refractivity contribution in [2.24, 2.45) is 0 Å². The van der Waals surface area contributed by atoms with Gasteiger partial charge in [-0.1, -0.05) is 0 Å². The second-order valence-electron chi connectivity index (χ2n) is 3.38. The summed E-state index contributed by atoms with van der Waals surface area (Å²) in [4.78, 5) is 0. The zero-order valence-corrected chi connectivity index (χ0v) is 7.68. The zero-order chi connectivity index (χ0) is 10.6. The molecule has 2 atom stereocenters. The van der Waals surface area contributed by atoms with Crippen LogP contribution >= 0.6 is 0 Å². The van der Waals surface area contributed by atoms with Gasteiger partial charge in [0.15, 0.2) is 0 Å². The Labute approximate surface area is 80.2 Å². The van der Waals surface area contributed by atoms with Gasteiger partial charge in [0.25, 0.3) is 0 Å². The van der Waals surface area contributed by atoms with E-state index in [4.69, 9.17) is 4.74 Å². The summed E-state index contributed by atoms with van der Waals surface area (Å²) in [6, 6.07) is -0.219. The molecule has 1 fully saturated rings. The molecule has 6 heteroatoms. The van der Waals surface area contributed by atoms with Crippen molar-refractivity contribution in [3.8, 4) is 0 Å². The molecular formula is C8H14F3NO2. The monoisotopic (exact) mass is 213 g/mol. The number of aliphatic hydroxyl groups is 1. The first-order valence-electron chi connectivity index (χ1n) is 4.55. The molecule has 0 saturated carbocycles. The first-order chi connectivity index (χ1) is 6.49. The molecule has 0 aromatic rings. The Morgan fingerprint density at radius 3 is 2.57 bits per heavy atom. The third kappa shape index (κ3) is 4.26. The van der Waals surface area contributed by atoms with E-state index in [9.17, 15) is 18.3 Å². The largest absolute Gasteiger partial charge is 0.389 e. The minimum Gasteiger partial charge on any atom is -0.389 e.